The topological polar surface area (TPSA) is 41.4 Å². The van der Waals surface area contributed by atoms with Crippen molar-refractivity contribution in [2.45, 2.75) is 38.8 Å². The fourth-order valence-electron chi connectivity index (χ4n) is 2.70. The van der Waals surface area contributed by atoms with Gasteiger partial charge in [-0.05, 0) is 32.0 Å². The highest BCUT2D eigenvalue weighted by atomic mass is 16.2. The third-order valence-electron chi connectivity index (χ3n) is 3.90. The predicted octanol–water partition coefficient (Wildman–Crippen LogP) is 1.22. The highest BCUT2D eigenvalue weighted by Gasteiger charge is 2.29. The largest absolute Gasteiger partial charge is 0.343 e. The van der Waals surface area contributed by atoms with E-state index in [0.29, 0.717) is 6.54 Å². The van der Waals surface area contributed by atoms with Crippen molar-refractivity contribution in [2.75, 3.05) is 26.7 Å². The lowest BCUT2D eigenvalue weighted by atomic mass is 10.0. The summed E-state index contributed by atoms with van der Waals surface area (Å²) >= 11 is 0. The maximum atomic E-state index is 12.5. The molecule has 1 aromatic rings. The number of carbonyl (C=O) groups excluding carboxylic acids is 1. The number of amides is 1. The number of likely N-dealkylation sites (tertiary alicyclic amines) is 1. The summed E-state index contributed by atoms with van der Waals surface area (Å²) in [5, 5.41) is 4.16. The minimum atomic E-state index is 0.0846. The predicted molar refractivity (Wildman–Crippen MR) is 74.8 cm³/mol. The van der Waals surface area contributed by atoms with E-state index >= 15 is 0 Å². The van der Waals surface area contributed by atoms with Crippen LogP contribution in [-0.4, -0.2) is 58.2 Å². The Kier molecular flexibility index (Phi) is 4.96. The number of nitrogens with zero attached hydrogens (tertiary/aromatic N) is 4. The van der Waals surface area contributed by atoms with Crippen molar-refractivity contribution in [2.24, 2.45) is 0 Å². The minimum absolute atomic E-state index is 0.0846. The van der Waals surface area contributed by atoms with Gasteiger partial charge >= 0.3 is 0 Å². The Balaban J connectivity index is 1.86. The van der Waals surface area contributed by atoms with Crippen molar-refractivity contribution in [3.63, 3.8) is 0 Å². The number of hydrogen-bond donors (Lipinski definition) is 0. The Bertz CT molecular complexity index is 390. The maximum absolute atomic E-state index is 12.5. The molecule has 0 saturated carbocycles. The summed E-state index contributed by atoms with van der Waals surface area (Å²) in [4.78, 5) is 16.6. The summed E-state index contributed by atoms with van der Waals surface area (Å²) in [5.41, 5.74) is 0. The molecule has 1 unspecified atom stereocenters. The van der Waals surface area contributed by atoms with Crippen LogP contribution in [0.5, 0.6) is 0 Å². The first-order valence-corrected chi connectivity index (χ1v) is 7.19. The molecule has 106 valence electrons. The van der Waals surface area contributed by atoms with Crippen LogP contribution in [0.25, 0.3) is 0 Å². The summed E-state index contributed by atoms with van der Waals surface area (Å²) in [6.07, 6.45) is 7.08. The van der Waals surface area contributed by atoms with Crippen LogP contribution >= 0.6 is 0 Å². The van der Waals surface area contributed by atoms with Crippen LogP contribution < -0.4 is 0 Å². The van der Waals surface area contributed by atoms with E-state index in [4.69, 9.17) is 0 Å². The summed E-state index contributed by atoms with van der Waals surface area (Å²) in [6, 6.07) is 1.99. The zero-order chi connectivity index (χ0) is 13.7. The molecule has 1 aliphatic rings. The third kappa shape index (κ3) is 3.56. The number of likely N-dealkylation sites (N-methyl/N-ethyl adjacent to an activating group) is 2. The molecule has 2 rings (SSSR count). The van der Waals surface area contributed by atoms with Crippen molar-refractivity contribution in [3.8, 4) is 0 Å². The van der Waals surface area contributed by atoms with E-state index in [1.54, 1.807) is 6.20 Å². The van der Waals surface area contributed by atoms with Gasteiger partial charge in [-0.1, -0.05) is 13.3 Å². The lowest BCUT2D eigenvalue weighted by Crippen LogP contribution is -2.50. The Morgan fingerprint density at radius 1 is 1.47 bits per heavy atom. The summed E-state index contributed by atoms with van der Waals surface area (Å²) in [6.45, 7) is 5.63. The van der Waals surface area contributed by atoms with Crippen molar-refractivity contribution < 1.29 is 4.79 Å². The Morgan fingerprint density at radius 3 is 3.00 bits per heavy atom. The van der Waals surface area contributed by atoms with Gasteiger partial charge in [-0.15, -0.1) is 0 Å². The zero-order valence-corrected chi connectivity index (χ0v) is 12.0. The zero-order valence-electron chi connectivity index (χ0n) is 12.0. The molecule has 1 aliphatic heterocycles. The molecule has 0 N–H and O–H groups in total. The quantitative estimate of drug-likeness (QED) is 0.803. The fourth-order valence-corrected chi connectivity index (χ4v) is 2.70. The number of rotatable bonds is 5. The van der Waals surface area contributed by atoms with Crippen LogP contribution in [0.1, 0.15) is 26.2 Å². The van der Waals surface area contributed by atoms with E-state index in [0.717, 1.165) is 26.1 Å². The average Bonchev–Trinajstić information content (AvgIpc) is 2.97. The molecule has 0 aliphatic carbocycles. The molecular formula is C14H24N4O. The second kappa shape index (κ2) is 6.70. The van der Waals surface area contributed by atoms with Gasteiger partial charge in [-0.2, -0.15) is 5.10 Å². The maximum Gasteiger partial charge on any atom is 0.239 e. The molecular weight excluding hydrogens is 240 g/mol. The number of carbonyl (C=O) groups is 1. The third-order valence-corrected chi connectivity index (χ3v) is 3.90. The molecule has 1 atom stereocenters. The van der Waals surface area contributed by atoms with Crippen molar-refractivity contribution in [1.29, 1.82) is 0 Å². The summed E-state index contributed by atoms with van der Waals surface area (Å²) < 4.78 is 1.86. The molecule has 0 radical (unpaired) electrons. The molecule has 0 spiro atoms. The molecule has 2 heterocycles. The molecule has 1 aromatic heterocycles. The van der Waals surface area contributed by atoms with Gasteiger partial charge in [-0.3, -0.25) is 14.4 Å². The van der Waals surface area contributed by atoms with Crippen molar-refractivity contribution >= 4 is 5.91 Å². The first kappa shape index (κ1) is 14.1. The van der Waals surface area contributed by atoms with E-state index in [1.807, 2.05) is 28.9 Å². The highest BCUT2D eigenvalue weighted by Crippen LogP contribution is 2.18. The lowest BCUT2D eigenvalue weighted by Gasteiger charge is -2.36. The average molecular weight is 264 g/mol. The van der Waals surface area contributed by atoms with E-state index < -0.39 is 0 Å². The van der Waals surface area contributed by atoms with Gasteiger partial charge in [-0.25, -0.2) is 0 Å². The van der Waals surface area contributed by atoms with Crippen LogP contribution in [0.3, 0.4) is 0 Å². The molecule has 1 amide bonds. The second-order valence-electron chi connectivity index (χ2n) is 5.17. The Labute approximate surface area is 115 Å². The molecule has 1 saturated heterocycles. The van der Waals surface area contributed by atoms with Gasteiger partial charge < -0.3 is 4.90 Å². The van der Waals surface area contributed by atoms with E-state index in [1.165, 1.54) is 12.8 Å². The number of piperidine rings is 1. The van der Waals surface area contributed by atoms with E-state index in [2.05, 4.69) is 16.9 Å². The van der Waals surface area contributed by atoms with Gasteiger partial charge in [0, 0.05) is 26.0 Å². The molecule has 1 fully saturated rings. The number of hydrogen-bond acceptors (Lipinski definition) is 3. The van der Waals surface area contributed by atoms with Crippen LogP contribution in [-0.2, 0) is 11.3 Å². The SMILES string of the molecule is CCN1CCCCC1C(=O)N(C)CCn1cccn1. The first-order chi connectivity index (χ1) is 9.22. The molecule has 0 bridgehead atoms. The fraction of sp³-hybridized carbons (Fsp3) is 0.714. The molecule has 5 heteroatoms. The Morgan fingerprint density at radius 2 is 2.32 bits per heavy atom. The normalized spacial score (nSPS) is 20.4. The second-order valence-corrected chi connectivity index (χ2v) is 5.17. The number of aromatic nitrogens is 2. The van der Waals surface area contributed by atoms with Gasteiger partial charge in [0.2, 0.25) is 5.91 Å². The van der Waals surface area contributed by atoms with Crippen LogP contribution in [0.2, 0.25) is 0 Å². The lowest BCUT2D eigenvalue weighted by molar-refractivity contribution is -0.137. The molecule has 19 heavy (non-hydrogen) atoms. The monoisotopic (exact) mass is 264 g/mol. The van der Waals surface area contributed by atoms with Crippen LogP contribution in [0, 0.1) is 0 Å². The minimum Gasteiger partial charge on any atom is -0.343 e. The van der Waals surface area contributed by atoms with Crippen molar-refractivity contribution in [1.82, 2.24) is 19.6 Å². The smallest absolute Gasteiger partial charge is 0.239 e. The molecule has 0 aromatic carbocycles. The van der Waals surface area contributed by atoms with E-state index in [-0.39, 0.29) is 11.9 Å². The first-order valence-electron chi connectivity index (χ1n) is 7.19. The van der Waals surface area contributed by atoms with E-state index in [9.17, 15) is 4.79 Å². The van der Waals surface area contributed by atoms with Crippen molar-refractivity contribution in [3.05, 3.63) is 18.5 Å². The summed E-state index contributed by atoms with van der Waals surface area (Å²) in [5.74, 6) is 0.258. The van der Waals surface area contributed by atoms with Crippen LogP contribution in [0.15, 0.2) is 18.5 Å². The summed E-state index contributed by atoms with van der Waals surface area (Å²) in [7, 11) is 1.90. The highest BCUT2D eigenvalue weighted by molar-refractivity contribution is 5.81. The van der Waals surface area contributed by atoms with Gasteiger partial charge in [0.25, 0.3) is 0 Å². The molecule has 5 nitrogen and oxygen atoms in total. The van der Waals surface area contributed by atoms with Gasteiger partial charge in [0.05, 0.1) is 12.6 Å². The van der Waals surface area contributed by atoms with Gasteiger partial charge in [0.1, 0.15) is 0 Å². The standard InChI is InChI=1S/C14H24N4O/c1-3-17-9-5-4-7-13(17)14(19)16(2)11-12-18-10-6-8-15-18/h6,8,10,13H,3-5,7,9,11-12H2,1-2H3. The van der Waals surface area contributed by atoms with Crippen LogP contribution in [0.4, 0.5) is 0 Å². The Hall–Kier alpha value is -1.36. The van der Waals surface area contributed by atoms with Gasteiger partial charge in [0.15, 0.2) is 0 Å².